The number of hydrogen-bond acceptors (Lipinski definition) is 2. The number of nitrogens with zero attached hydrogens (tertiary/aromatic N) is 2. The Hall–Kier alpha value is -2.87. The lowest BCUT2D eigenvalue weighted by molar-refractivity contribution is -0.137. The van der Waals surface area contributed by atoms with Crippen LogP contribution in [0.3, 0.4) is 0 Å². The SMILES string of the molecule is Cc1cc(-c2ccc(F)cc2)nn1C[C@H]1CC[C@@H](NC(=O)c2cc(C(F)(F)F)ccc2Cl)CC1. The van der Waals surface area contributed by atoms with E-state index in [0.717, 1.165) is 67.4 Å². The lowest BCUT2D eigenvalue weighted by atomic mass is 9.86. The summed E-state index contributed by atoms with van der Waals surface area (Å²) in [5.74, 6) is -0.518. The van der Waals surface area contributed by atoms with Crippen LogP contribution in [-0.2, 0) is 12.7 Å². The van der Waals surface area contributed by atoms with Gasteiger partial charge in [-0.2, -0.15) is 18.3 Å². The van der Waals surface area contributed by atoms with Crippen molar-refractivity contribution in [3.05, 3.63) is 76.2 Å². The molecule has 4 nitrogen and oxygen atoms in total. The van der Waals surface area contributed by atoms with Crippen LogP contribution in [0.5, 0.6) is 0 Å². The van der Waals surface area contributed by atoms with Gasteiger partial charge in [0.15, 0.2) is 0 Å². The molecule has 0 bridgehead atoms. The molecule has 0 saturated heterocycles. The number of carbonyl (C=O) groups is 1. The number of alkyl halides is 3. The summed E-state index contributed by atoms with van der Waals surface area (Å²) in [5.41, 5.74) is 1.58. The first-order chi connectivity index (χ1) is 16.1. The van der Waals surface area contributed by atoms with Crippen molar-refractivity contribution in [1.82, 2.24) is 15.1 Å². The average molecular weight is 494 g/mol. The summed E-state index contributed by atoms with van der Waals surface area (Å²) < 4.78 is 54.1. The first-order valence-electron chi connectivity index (χ1n) is 11.1. The van der Waals surface area contributed by atoms with Crippen LogP contribution >= 0.6 is 11.6 Å². The molecule has 1 fully saturated rings. The fourth-order valence-corrected chi connectivity index (χ4v) is 4.53. The van der Waals surface area contributed by atoms with E-state index in [4.69, 9.17) is 11.6 Å². The molecule has 9 heteroatoms. The van der Waals surface area contributed by atoms with Gasteiger partial charge >= 0.3 is 6.18 Å². The fraction of sp³-hybridized carbons (Fsp3) is 0.360. The molecular formula is C25H24ClF4N3O. The van der Waals surface area contributed by atoms with Gasteiger partial charge in [-0.3, -0.25) is 9.48 Å². The first kappa shape index (κ1) is 24.3. The molecule has 1 heterocycles. The predicted molar refractivity (Wildman–Crippen MR) is 122 cm³/mol. The summed E-state index contributed by atoms with van der Waals surface area (Å²) in [7, 11) is 0. The fourth-order valence-electron chi connectivity index (χ4n) is 4.33. The van der Waals surface area contributed by atoms with E-state index in [1.807, 2.05) is 17.7 Å². The molecule has 3 aromatic rings. The van der Waals surface area contributed by atoms with Crippen molar-refractivity contribution in [2.24, 2.45) is 5.92 Å². The standard InChI is InChI=1S/C25H24ClF4N3O/c1-15-12-23(17-4-7-19(27)8-5-17)32-33(15)14-16-2-9-20(10-3-16)31-24(34)21-13-18(25(28,29)30)6-11-22(21)26/h4-8,11-13,16,20H,2-3,9-10,14H2,1H3,(H,31,34)/t16-,20+. The highest BCUT2D eigenvalue weighted by molar-refractivity contribution is 6.33. The molecule has 34 heavy (non-hydrogen) atoms. The van der Waals surface area contributed by atoms with E-state index in [1.165, 1.54) is 12.1 Å². The number of nitrogens with one attached hydrogen (secondary N) is 1. The number of amides is 1. The number of rotatable bonds is 5. The van der Waals surface area contributed by atoms with E-state index < -0.39 is 17.6 Å². The smallest absolute Gasteiger partial charge is 0.349 e. The van der Waals surface area contributed by atoms with Crippen LogP contribution in [0.4, 0.5) is 17.6 Å². The van der Waals surface area contributed by atoms with E-state index in [-0.39, 0.29) is 22.4 Å². The van der Waals surface area contributed by atoms with Crippen LogP contribution in [0.25, 0.3) is 11.3 Å². The normalized spacial score (nSPS) is 18.6. The maximum Gasteiger partial charge on any atom is 0.416 e. The zero-order chi connectivity index (χ0) is 24.5. The summed E-state index contributed by atoms with van der Waals surface area (Å²) >= 11 is 5.98. The number of aryl methyl sites for hydroxylation is 1. The Morgan fingerprint density at radius 1 is 1.09 bits per heavy atom. The monoisotopic (exact) mass is 493 g/mol. The molecule has 0 radical (unpaired) electrons. The lowest BCUT2D eigenvalue weighted by Crippen LogP contribution is -2.38. The minimum atomic E-state index is -4.54. The number of halogens is 5. The van der Waals surface area contributed by atoms with Gasteiger partial charge in [0.2, 0.25) is 0 Å². The minimum absolute atomic E-state index is 0.00898. The molecule has 1 amide bonds. The quantitative estimate of drug-likeness (QED) is 0.404. The topological polar surface area (TPSA) is 46.9 Å². The Bertz CT molecular complexity index is 1170. The van der Waals surface area contributed by atoms with Crippen LogP contribution in [0.2, 0.25) is 5.02 Å². The lowest BCUT2D eigenvalue weighted by Gasteiger charge is -2.29. The Kier molecular flexibility index (Phi) is 6.98. The summed E-state index contributed by atoms with van der Waals surface area (Å²) in [5, 5.41) is 7.49. The van der Waals surface area contributed by atoms with E-state index >= 15 is 0 Å². The number of benzene rings is 2. The number of aromatic nitrogens is 2. The van der Waals surface area contributed by atoms with Crippen molar-refractivity contribution < 1.29 is 22.4 Å². The zero-order valence-corrected chi connectivity index (χ0v) is 19.3. The van der Waals surface area contributed by atoms with Crippen LogP contribution in [0.1, 0.15) is 47.3 Å². The highest BCUT2D eigenvalue weighted by Crippen LogP contribution is 2.32. The first-order valence-corrected chi connectivity index (χ1v) is 11.5. The average Bonchev–Trinajstić information content (AvgIpc) is 3.15. The molecule has 1 saturated carbocycles. The van der Waals surface area contributed by atoms with Crippen LogP contribution in [0.15, 0.2) is 48.5 Å². The highest BCUT2D eigenvalue weighted by Gasteiger charge is 2.32. The predicted octanol–water partition coefficient (Wildman–Crippen LogP) is 6.66. The second kappa shape index (κ2) is 9.78. The van der Waals surface area contributed by atoms with Gasteiger partial charge in [-0.05, 0) is 87.1 Å². The minimum Gasteiger partial charge on any atom is -0.349 e. The molecule has 2 aromatic carbocycles. The van der Waals surface area contributed by atoms with Crippen molar-refractivity contribution in [3.63, 3.8) is 0 Å². The highest BCUT2D eigenvalue weighted by atomic mass is 35.5. The summed E-state index contributed by atoms with van der Waals surface area (Å²) in [6.07, 6.45) is -1.39. The maximum atomic E-state index is 13.2. The van der Waals surface area contributed by atoms with Gasteiger partial charge in [0.1, 0.15) is 5.82 Å². The van der Waals surface area contributed by atoms with Crippen molar-refractivity contribution in [2.45, 2.75) is 51.4 Å². The van der Waals surface area contributed by atoms with Crippen LogP contribution in [-0.4, -0.2) is 21.7 Å². The molecule has 4 rings (SSSR count). The third-order valence-electron chi connectivity index (χ3n) is 6.27. The molecule has 1 N–H and O–H groups in total. The van der Waals surface area contributed by atoms with Gasteiger partial charge in [0.25, 0.3) is 5.91 Å². The Balaban J connectivity index is 1.34. The van der Waals surface area contributed by atoms with Gasteiger partial charge in [-0.15, -0.1) is 0 Å². The zero-order valence-electron chi connectivity index (χ0n) is 18.5. The van der Waals surface area contributed by atoms with E-state index in [9.17, 15) is 22.4 Å². The van der Waals surface area contributed by atoms with E-state index in [2.05, 4.69) is 10.4 Å². The van der Waals surface area contributed by atoms with Crippen LogP contribution in [0, 0.1) is 18.7 Å². The van der Waals surface area contributed by atoms with Crippen molar-refractivity contribution in [2.75, 3.05) is 0 Å². The van der Waals surface area contributed by atoms with Gasteiger partial charge in [-0.1, -0.05) is 11.6 Å². The molecule has 0 unspecified atom stereocenters. The molecule has 0 aliphatic heterocycles. The summed E-state index contributed by atoms with van der Waals surface area (Å²) in [4.78, 5) is 12.6. The molecule has 180 valence electrons. The maximum absolute atomic E-state index is 13.2. The molecule has 1 aliphatic carbocycles. The van der Waals surface area contributed by atoms with Crippen LogP contribution < -0.4 is 5.32 Å². The second-order valence-corrected chi connectivity index (χ2v) is 9.15. The molecular weight excluding hydrogens is 470 g/mol. The molecule has 0 spiro atoms. The largest absolute Gasteiger partial charge is 0.416 e. The van der Waals surface area contributed by atoms with Gasteiger partial charge in [0.05, 0.1) is 21.8 Å². The summed E-state index contributed by atoms with van der Waals surface area (Å²) in [6.45, 7) is 2.71. The van der Waals surface area contributed by atoms with Crippen molar-refractivity contribution in [1.29, 1.82) is 0 Å². The van der Waals surface area contributed by atoms with Crippen molar-refractivity contribution >= 4 is 17.5 Å². The summed E-state index contributed by atoms with van der Waals surface area (Å²) in [6, 6.07) is 10.8. The third kappa shape index (κ3) is 5.60. The third-order valence-corrected chi connectivity index (χ3v) is 6.60. The molecule has 0 atom stereocenters. The van der Waals surface area contributed by atoms with E-state index in [0.29, 0.717) is 5.92 Å². The van der Waals surface area contributed by atoms with Crippen molar-refractivity contribution in [3.8, 4) is 11.3 Å². The number of carbonyl (C=O) groups excluding carboxylic acids is 1. The second-order valence-electron chi connectivity index (χ2n) is 8.74. The number of hydrogen-bond donors (Lipinski definition) is 1. The van der Waals surface area contributed by atoms with E-state index in [1.54, 1.807) is 12.1 Å². The van der Waals surface area contributed by atoms with Gasteiger partial charge in [0, 0.05) is 23.8 Å². The molecule has 1 aliphatic rings. The molecule has 1 aromatic heterocycles. The van der Waals surface area contributed by atoms with Gasteiger partial charge < -0.3 is 5.32 Å². The Labute approximate surface area is 199 Å². The Morgan fingerprint density at radius 2 is 1.76 bits per heavy atom. The van der Waals surface area contributed by atoms with Gasteiger partial charge in [-0.25, -0.2) is 4.39 Å². The Morgan fingerprint density at radius 3 is 2.41 bits per heavy atom.